The van der Waals surface area contributed by atoms with Crippen LogP contribution in [0.5, 0.6) is 0 Å². The monoisotopic (exact) mass is 255 g/mol. The van der Waals surface area contributed by atoms with E-state index in [9.17, 15) is 10.2 Å². The highest BCUT2D eigenvalue weighted by molar-refractivity contribution is 5.59. The predicted molar refractivity (Wildman–Crippen MR) is 64.8 cm³/mol. The normalized spacial score (nSPS) is 31.6. The molecule has 0 amide bonds. The van der Waals surface area contributed by atoms with Crippen LogP contribution in [0.25, 0.3) is 0 Å². The summed E-state index contributed by atoms with van der Waals surface area (Å²) in [6.07, 6.45) is -2.29. The van der Waals surface area contributed by atoms with Crippen molar-refractivity contribution < 1.29 is 20.1 Å². The molecule has 18 heavy (non-hydrogen) atoms. The van der Waals surface area contributed by atoms with Crippen LogP contribution in [0.3, 0.4) is 0 Å². The Labute approximate surface area is 104 Å². The molecular weight excluding hydrogens is 238 g/mol. The van der Waals surface area contributed by atoms with Crippen LogP contribution in [-0.4, -0.2) is 51.5 Å². The maximum absolute atomic E-state index is 9.79. The van der Waals surface area contributed by atoms with Gasteiger partial charge in [-0.15, -0.1) is 0 Å². The van der Waals surface area contributed by atoms with Crippen molar-refractivity contribution in [3.63, 3.8) is 0 Å². The van der Waals surface area contributed by atoms with E-state index in [1.54, 1.807) is 13.0 Å². The van der Waals surface area contributed by atoms with E-state index in [4.69, 9.17) is 15.6 Å². The maximum Gasteiger partial charge on any atom is 0.157 e. The average molecular weight is 255 g/mol. The molecule has 4 atom stereocenters. The molecule has 0 unspecified atom stereocenters. The largest absolute Gasteiger partial charge is 0.394 e. The Kier molecular flexibility index (Phi) is 3.67. The van der Waals surface area contributed by atoms with Gasteiger partial charge in [-0.1, -0.05) is 0 Å². The van der Waals surface area contributed by atoms with Gasteiger partial charge in [0.15, 0.2) is 6.23 Å². The number of nitrogens with zero attached hydrogens (tertiary/aromatic N) is 1. The van der Waals surface area contributed by atoms with Gasteiger partial charge in [0.25, 0.3) is 0 Å². The molecule has 1 aromatic rings. The van der Waals surface area contributed by atoms with E-state index < -0.39 is 24.5 Å². The lowest BCUT2D eigenvalue weighted by Gasteiger charge is -2.19. The molecule has 1 saturated heterocycles. The van der Waals surface area contributed by atoms with Crippen molar-refractivity contribution in [3.05, 3.63) is 17.8 Å². The van der Waals surface area contributed by atoms with E-state index in [-0.39, 0.29) is 6.61 Å². The average Bonchev–Trinajstić information content (AvgIpc) is 2.63. The minimum atomic E-state index is -1.12. The second-order valence-electron chi connectivity index (χ2n) is 4.27. The zero-order valence-electron chi connectivity index (χ0n) is 9.95. The highest BCUT2D eigenvalue weighted by atomic mass is 16.6. The highest BCUT2D eigenvalue weighted by Gasteiger charge is 2.42. The van der Waals surface area contributed by atoms with Gasteiger partial charge in [-0.25, -0.2) is 4.98 Å². The number of hydrogen-bond donors (Lipinski definition) is 5. The van der Waals surface area contributed by atoms with Crippen molar-refractivity contribution in [1.29, 1.82) is 0 Å². The van der Waals surface area contributed by atoms with Crippen LogP contribution in [0.1, 0.15) is 5.56 Å². The molecule has 1 fully saturated rings. The summed E-state index contributed by atoms with van der Waals surface area (Å²) in [4.78, 5) is 3.92. The Hall–Kier alpha value is -1.41. The van der Waals surface area contributed by atoms with Crippen LogP contribution < -0.4 is 11.1 Å². The van der Waals surface area contributed by atoms with Gasteiger partial charge < -0.3 is 31.1 Å². The van der Waals surface area contributed by atoms with Gasteiger partial charge in [-0.2, -0.15) is 0 Å². The van der Waals surface area contributed by atoms with Crippen molar-refractivity contribution in [3.8, 4) is 0 Å². The van der Waals surface area contributed by atoms with Gasteiger partial charge in [0.05, 0.1) is 6.61 Å². The Morgan fingerprint density at radius 2 is 2.17 bits per heavy atom. The molecule has 7 nitrogen and oxygen atoms in total. The number of aliphatic hydroxyl groups excluding tert-OH is 3. The van der Waals surface area contributed by atoms with Gasteiger partial charge >= 0.3 is 0 Å². The summed E-state index contributed by atoms with van der Waals surface area (Å²) in [5.41, 5.74) is 7.06. The third-order valence-corrected chi connectivity index (χ3v) is 3.08. The first-order valence-electron chi connectivity index (χ1n) is 5.64. The third kappa shape index (κ3) is 2.25. The molecular formula is C11H17N3O4. The summed E-state index contributed by atoms with van der Waals surface area (Å²) >= 11 is 0. The second kappa shape index (κ2) is 5.07. The second-order valence-corrected chi connectivity index (χ2v) is 4.27. The van der Waals surface area contributed by atoms with Crippen LogP contribution >= 0.6 is 0 Å². The van der Waals surface area contributed by atoms with Crippen molar-refractivity contribution >= 4 is 11.5 Å². The van der Waals surface area contributed by atoms with Crippen LogP contribution in [0.2, 0.25) is 0 Å². The molecule has 0 bridgehead atoms. The lowest BCUT2D eigenvalue weighted by molar-refractivity contribution is -0.0153. The fourth-order valence-corrected chi connectivity index (χ4v) is 1.88. The van der Waals surface area contributed by atoms with Crippen molar-refractivity contribution in [2.75, 3.05) is 17.7 Å². The molecule has 2 rings (SSSR count). The number of pyridine rings is 1. The van der Waals surface area contributed by atoms with Gasteiger partial charge in [-0.3, -0.25) is 0 Å². The molecule has 0 spiro atoms. The summed E-state index contributed by atoms with van der Waals surface area (Å²) in [7, 11) is 0. The Morgan fingerprint density at radius 1 is 1.44 bits per heavy atom. The highest BCUT2D eigenvalue weighted by Crippen LogP contribution is 2.25. The van der Waals surface area contributed by atoms with Crippen molar-refractivity contribution in [2.45, 2.75) is 31.5 Å². The SMILES string of the molecule is Cc1c(N[C@@H]2O[C@H](CO)[C@@H](O)[C@H]2O)ccnc1N. The van der Waals surface area contributed by atoms with Gasteiger partial charge in [0.2, 0.25) is 0 Å². The Morgan fingerprint density at radius 3 is 2.78 bits per heavy atom. The fraction of sp³-hybridized carbons (Fsp3) is 0.545. The molecule has 6 N–H and O–H groups in total. The van der Waals surface area contributed by atoms with E-state index in [0.29, 0.717) is 11.5 Å². The molecule has 2 heterocycles. The van der Waals surface area contributed by atoms with E-state index in [0.717, 1.165) is 5.56 Å². The zero-order chi connectivity index (χ0) is 13.3. The molecule has 1 aliphatic rings. The van der Waals surface area contributed by atoms with Crippen LogP contribution in [0, 0.1) is 6.92 Å². The van der Waals surface area contributed by atoms with E-state index in [1.165, 1.54) is 6.20 Å². The first kappa shape index (κ1) is 13.0. The lowest BCUT2D eigenvalue weighted by Crippen LogP contribution is -2.36. The number of hydrogen-bond acceptors (Lipinski definition) is 7. The number of rotatable bonds is 3. The van der Waals surface area contributed by atoms with Crippen LogP contribution in [0.4, 0.5) is 11.5 Å². The topological polar surface area (TPSA) is 121 Å². The summed E-state index contributed by atoms with van der Waals surface area (Å²) in [5.74, 6) is 0.381. The fourth-order valence-electron chi connectivity index (χ4n) is 1.88. The van der Waals surface area contributed by atoms with E-state index >= 15 is 0 Å². The Bertz CT molecular complexity index is 429. The quantitative estimate of drug-likeness (QED) is 0.461. The number of aliphatic hydroxyl groups is 3. The molecule has 1 aliphatic heterocycles. The van der Waals surface area contributed by atoms with Gasteiger partial charge in [0.1, 0.15) is 24.1 Å². The minimum absolute atomic E-state index is 0.353. The van der Waals surface area contributed by atoms with Gasteiger partial charge in [0, 0.05) is 17.4 Å². The van der Waals surface area contributed by atoms with Crippen LogP contribution in [0.15, 0.2) is 12.3 Å². The molecule has 0 radical (unpaired) electrons. The summed E-state index contributed by atoms with van der Waals surface area (Å²) < 4.78 is 5.31. The summed E-state index contributed by atoms with van der Waals surface area (Å²) in [6.45, 7) is 1.43. The van der Waals surface area contributed by atoms with Crippen LogP contribution in [-0.2, 0) is 4.74 Å². The number of nitrogen functional groups attached to an aromatic ring is 1. The number of nitrogens with two attached hydrogens (primary N) is 1. The molecule has 7 heteroatoms. The molecule has 0 saturated carbocycles. The minimum Gasteiger partial charge on any atom is -0.394 e. The lowest BCUT2D eigenvalue weighted by atomic mass is 10.1. The molecule has 0 aliphatic carbocycles. The Balaban J connectivity index is 2.13. The van der Waals surface area contributed by atoms with Crippen molar-refractivity contribution in [1.82, 2.24) is 4.98 Å². The summed E-state index contributed by atoms with van der Waals surface area (Å²) in [5, 5.41) is 31.3. The maximum atomic E-state index is 9.79. The zero-order valence-corrected chi connectivity index (χ0v) is 9.95. The number of anilines is 2. The summed E-state index contributed by atoms with van der Waals surface area (Å²) in [6, 6.07) is 1.69. The molecule has 1 aromatic heterocycles. The van der Waals surface area contributed by atoms with Gasteiger partial charge in [-0.05, 0) is 13.0 Å². The standard InChI is InChI=1S/C11H17N3O4/c1-5-6(2-3-13-10(5)12)14-11-9(17)8(16)7(4-15)18-11/h2-3,7-9,11,15-17H,4H2,1H3,(H3,12,13,14)/t7-,8-,9-,11-/m1/s1. The number of ether oxygens (including phenoxy) is 1. The number of nitrogens with one attached hydrogen (secondary N) is 1. The molecule has 0 aromatic carbocycles. The third-order valence-electron chi connectivity index (χ3n) is 3.08. The van der Waals surface area contributed by atoms with Crippen molar-refractivity contribution in [2.24, 2.45) is 0 Å². The van der Waals surface area contributed by atoms with E-state index in [1.807, 2.05) is 0 Å². The number of aromatic nitrogens is 1. The van der Waals surface area contributed by atoms with E-state index in [2.05, 4.69) is 10.3 Å². The molecule has 100 valence electrons. The first-order chi connectivity index (χ1) is 8.54. The smallest absolute Gasteiger partial charge is 0.157 e. The first-order valence-corrected chi connectivity index (χ1v) is 5.64. The predicted octanol–water partition coefficient (Wildman–Crippen LogP) is -1.18.